The fourth-order valence-electron chi connectivity index (χ4n) is 2.28. The van der Waals surface area contributed by atoms with E-state index >= 15 is 0 Å². The van der Waals surface area contributed by atoms with Crippen molar-refractivity contribution in [2.24, 2.45) is 0 Å². The molecule has 0 radical (unpaired) electrons. The Morgan fingerprint density at radius 2 is 2.32 bits per heavy atom. The van der Waals surface area contributed by atoms with Gasteiger partial charge in [0.15, 0.2) is 5.69 Å². The van der Waals surface area contributed by atoms with Crippen molar-refractivity contribution in [2.75, 3.05) is 6.61 Å². The standard InChI is InChI=1S/C13H13N3O3/c17-13(18)11-7-16(15-14-11)8-12-10-4-2-1-3-9(10)5-6-19-12/h1-4,7,12H,5-6,8H2,(H,17,18). The van der Waals surface area contributed by atoms with Crippen LogP contribution >= 0.6 is 0 Å². The number of fused-ring (bicyclic) bond motifs is 1. The van der Waals surface area contributed by atoms with Crippen LogP contribution in [0.25, 0.3) is 0 Å². The molecule has 1 N–H and O–H groups in total. The first kappa shape index (κ1) is 11.9. The van der Waals surface area contributed by atoms with Crippen molar-refractivity contribution >= 4 is 5.97 Å². The molecule has 0 saturated heterocycles. The Labute approximate surface area is 109 Å². The average Bonchev–Trinajstić information content (AvgIpc) is 2.88. The van der Waals surface area contributed by atoms with Gasteiger partial charge in [-0.05, 0) is 17.5 Å². The van der Waals surface area contributed by atoms with Crippen LogP contribution in [0.4, 0.5) is 0 Å². The van der Waals surface area contributed by atoms with Gasteiger partial charge in [0, 0.05) is 0 Å². The number of hydrogen-bond donors (Lipinski definition) is 1. The maximum atomic E-state index is 10.8. The molecule has 6 nitrogen and oxygen atoms in total. The molecule has 1 aromatic heterocycles. The van der Waals surface area contributed by atoms with Crippen LogP contribution in [-0.2, 0) is 17.7 Å². The van der Waals surface area contributed by atoms with E-state index in [-0.39, 0.29) is 11.8 Å². The van der Waals surface area contributed by atoms with Gasteiger partial charge >= 0.3 is 5.97 Å². The van der Waals surface area contributed by atoms with Crippen LogP contribution in [0.3, 0.4) is 0 Å². The molecule has 19 heavy (non-hydrogen) atoms. The van der Waals surface area contributed by atoms with Crippen LogP contribution in [0.1, 0.15) is 27.7 Å². The molecule has 6 heteroatoms. The van der Waals surface area contributed by atoms with Gasteiger partial charge in [-0.15, -0.1) is 5.10 Å². The lowest BCUT2D eigenvalue weighted by atomic mass is 9.98. The number of rotatable bonds is 3. The van der Waals surface area contributed by atoms with Crippen molar-refractivity contribution < 1.29 is 14.6 Å². The van der Waals surface area contributed by atoms with Crippen molar-refractivity contribution in [1.29, 1.82) is 0 Å². The van der Waals surface area contributed by atoms with E-state index in [1.54, 1.807) is 0 Å². The van der Waals surface area contributed by atoms with Crippen LogP contribution in [0.2, 0.25) is 0 Å². The monoisotopic (exact) mass is 259 g/mol. The second-order valence-electron chi connectivity index (χ2n) is 4.44. The van der Waals surface area contributed by atoms with Crippen LogP contribution in [0.15, 0.2) is 30.5 Å². The van der Waals surface area contributed by atoms with Gasteiger partial charge in [0.1, 0.15) is 6.10 Å². The van der Waals surface area contributed by atoms with Crippen LogP contribution in [-0.4, -0.2) is 32.7 Å². The Hall–Kier alpha value is -2.21. The Kier molecular flexibility index (Phi) is 3.00. The number of aromatic carboxylic acids is 1. The maximum Gasteiger partial charge on any atom is 0.358 e. The summed E-state index contributed by atoms with van der Waals surface area (Å²) in [5.41, 5.74) is 2.36. The first-order valence-electron chi connectivity index (χ1n) is 6.07. The summed E-state index contributed by atoms with van der Waals surface area (Å²) in [6.07, 6.45) is 2.22. The zero-order valence-electron chi connectivity index (χ0n) is 10.2. The Balaban J connectivity index is 1.82. The minimum atomic E-state index is -1.07. The van der Waals surface area contributed by atoms with Crippen LogP contribution in [0, 0.1) is 0 Å². The lowest BCUT2D eigenvalue weighted by Gasteiger charge is -2.25. The Morgan fingerprint density at radius 3 is 3.11 bits per heavy atom. The summed E-state index contributed by atoms with van der Waals surface area (Å²) in [6, 6.07) is 8.12. The highest BCUT2D eigenvalue weighted by Crippen LogP contribution is 2.27. The molecule has 1 aliphatic rings. The lowest BCUT2D eigenvalue weighted by Crippen LogP contribution is -2.20. The molecule has 0 saturated carbocycles. The number of nitrogens with zero attached hydrogens (tertiary/aromatic N) is 3. The third-order valence-corrected chi connectivity index (χ3v) is 3.20. The molecule has 3 rings (SSSR count). The Morgan fingerprint density at radius 1 is 1.47 bits per heavy atom. The molecule has 1 unspecified atom stereocenters. The highest BCUT2D eigenvalue weighted by atomic mass is 16.5. The quantitative estimate of drug-likeness (QED) is 0.898. The van der Waals surface area contributed by atoms with E-state index < -0.39 is 5.97 Å². The molecule has 1 aromatic carbocycles. The number of aromatic nitrogens is 3. The van der Waals surface area contributed by atoms with E-state index in [0.29, 0.717) is 13.2 Å². The second-order valence-corrected chi connectivity index (χ2v) is 4.44. The summed E-state index contributed by atoms with van der Waals surface area (Å²) in [5.74, 6) is -1.07. The van der Waals surface area contributed by atoms with Gasteiger partial charge in [0.25, 0.3) is 0 Å². The fraction of sp³-hybridized carbons (Fsp3) is 0.308. The predicted octanol–water partition coefficient (Wildman–Crippen LogP) is 1.29. The molecular formula is C13H13N3O3. The van der Waals surface area contributed by atoms with Gasteiger partial charge in [-0.2, -0.15) is 0 Å². The normalized spacial score (nSPS) is 18.0. The first-order valence-corrected chi connectivity index (χ1v) is 6.07. The molecule has 2 heterocycles. The molecule has 0 spiro atoms. The minimum Gasteiger partial charge on any atom is -0.476 e. The fourth-order valence-corrected chi connectivity index (χ4v) is 2.28. The molecule has 1 atom stereocenters. The zero-order chi connectivity index (χ0) is 13.2. The van der Waals surface area contributed by atoms with Crippen LogP contribution in [0.5, 0.6) is 0 Å². The highest BCUT2D eigenvalue weighted by Gasteiger charge is 2.21. The van der Waals surface area contributed by atoms with E-state index in [2.05, 4.69) is 16.4 Å². The largest absolute Gasteiger partial charge is 0.476 e. The van der Waals surface area contributed by atoms with Crippen LogP contribution < -0.4 is 0 Å². The molecule has 0 aliphatic carbocycles. The van der Waals surface area contributed by atoms with Crippen molar-refractivity contribution in [2.45, 2.75) is 19.1 Å². The molecule has 2 aromatic rings. The van der Waals surface area contributed by atoms with E-state index in [4.69, 9.17) is 9.84 Å². The van der Waals surface area contributed by atoms with E-state index in [1.165, 1.54) is 16.4 Å². The van der Waals surface area contributed by atoms with Gasteiger partial charge in [-0.1, -0.05) is 29.5 Å². The van der Waals surface area contributed by atoms with Crippen molar-refractivity contribution in [1.82, 2.24) is 15.0 Å². The zero-order valence-corrected chi connectivity index (χ0v) is 10.2. The lowest BCUT2D eigenvalue weighted by molar-refractivity contribution is 0.0279. The third-order valence-electron chi connectivity index (χ3n) is 3.20. The van der Waals surface area contributed by atoms with Gasteiger partial charge in [0.05, 0.1) is 19.3 Å². The molecule has 0 amide bonds. The van der Waals surface area contributed by atoms with Gasteiger partial charge in [0.2, 0.25) is 0 Å². The van der Waals surface area contributed by atoms with Gasteiger partial charge < -0.3 is 9.84 Å². The number of benzene rings is 1. The summed E-state index contributed by atoms with van der Waals surface area (Å²) >= 11 is 0. The van der Waals surface area contributed by atoms with Gasteiger partial charge in [-0.25, -0.2) is 9.48 Å². The Bertz CT molecular complexity index is 609. The highest BCUT2D eigenvalue weighted by molar-refractivity contribution is 5.84. The molecule has 1 aliphatic heterocycles. The van der Waals surface area contributed by atoms with E-state index in [9.17, 15) is 4.79 Å². The van der Waals surface area contributed by atoms with Crippen molar-refractivity contribution in [3.63, 3.8) is 0 Å². The van der Waals surface area contributed by atoms with Crippen molar-refractivity contribution in [3.8, 4) is 0 Å². The number of hydrogen-bond acceptors (Lipinski definition) is 4. The number of carboxylic acids is 1. The van der Waals surface area contributed by atoms with Crippen molar-refractivity contribution in [3.05, 3.63) is 47.3 Å². The van der Waals surface area contributed by atoms with E-state index in [1.807, 2.05) is 18.2 Å². The molecule has 98 valence electrons. The summed E-state index contributed by atoms with van der Waals surface area (Å²) in [7, 11) is 0. The predicted molar refractivity (Wildman–Crippen MR) is 65.8 cm³/mol. The van der Waals surface area contributed by atoms with Gasteiger partial charge in [-0.3, -0.25) is 0 Å². The number of carbonyl (C=O) groups is 1. The maximum absolute atomic E-state index is 10.8. The molecule has 0 fully saturated rings. The SMILES string of the molecule is O=C(O)c1cn(CC2OCCc3ccccc32)nn1. The van der Waals surface area contributed by atoms with E-state index in [0.717, 1.165) is 12.0 Å². The molecule has 0 bridgehead atoms. The minimum absolute atomic E-state index is 0.0518. The summed E-state index contributed by atoms with van der Waals surface area (Å²) in [6.45, 7) is 1.14. The second kappa shape index (κ2) is 4.81. The first-order chi connectivity index (χ1) is 9.24. The number of ether oxygens (including phenoxy) is 1. The topological polar surface area (TPSA) is 77.2 Å². The molecular weight excluding hydrogens is 246 g/mol. The average molecular weight is 259 g/mol. The third kappa shape index (κ3) is 2.34. The smallest absolute Gasteiger partial charge is 0.358 e. The number of carboxylic acid groups (broad SMARTS) is 1. The summed E-state index contributed by atoms with van der Waals surface area (Å²) in [5, 5.41) is 16.2. The summed E-state index contributed by atoms with van der Waals surface area (Å²) in [4.78, 5) is 10.8. The summed E-state index contributed by atoms with van der Waals surface area (Å²) < 4.78 is 7.25.